The van der Waals surface area contributed by atoms with Crippen molar-refractivity contribution >= 4 is 11.9 Å². The van der Waals surface area contributed by atoms with Gasteiger partial charge in [0.2, 0.25) is 0 Å². The van der Waals surface area contributed by atoms with E-state index >= 15 is 0 Å². The van der Waals surface area contributed by atoms with Gasteiger partial charge in [-0.05, 0) is 145 Å². The van der Waals surface area contributed by atoms with Gasteiger partial charge in [-0.15, -0.1) is 0 Å². The van der Waals surface area contributed by atoms with Gasteiger partial charge < -0.3 is 14.4 Å². The molecule has 0 N–H and O–H groups in total. The van der Waals surface area contributed by atoms with E-state index < -0.39 is 0 Å². The Morgan fingerprint density at radius 1 is 0.528 bits per heavy atom. The predicted octanol–water partition coefficient (Wildman–Crippen LogP) is 13.7. The maximum Gasteiger partial charge on any atom is 0.306 e. The summed E-state index contributed by atoms with van der Waals surface area (Å²) in [4.78, 5) is 27.1. The van der Waals surface area contributed by atoms with E-state index in [1.807, 2.05) is 0 Å². The molecule has 0 amide bonds. The van der Waals surface area contributed by atoms with Gasteiger partial charge in [0.25, 0.3) is 0 Å². The Labute approximate surface area is 329 Å². The van der Waals surface area contributed by atoms with Crippen molar-refractivity contribution in [2.45, 2.75) is 240 Å². The highest BCUT2D eigenvalue weighted by Gasteiger charge is 2.51. The van der Waals surface area contributed by atoms with Crippen LogP contribution in [0, 0.1) is 34.0 Å². The Morgan fingerprint density at radius 3 is 1.30 bits per heavy atom. The molecule has 53 heavy (non-hydrogen) atoms. The fourth-order valence-electron chi connectivity index (χ4n) is 9.96. The van der Waals surface area contributed by atoms with Gasteiger partial charge in [-0.1, -0.05) is 125 Å². The second-order valence-corrected chi connectivity index (χ2v) is 20.8. The summed E-state index contributed by atoms with van der Waals surface area (Å²) in [5.74, 6) is 2.57. The fourth-order valence-corrected chi connectivity index (χ4v) is 9.96. The molecule has 5 heteroatoms. The second kappa shape index (κ2) is 23.8. The predicted molar refractivity (Wildman–Crippen MR) is 224 cm³/mol. The van der Waals surface area contributed by atoms with Crippen molar-refractivity contribution in [3.63, 3.8) is 0 Å². The van der Waals surface area contributed by atoms with E-state index in [1.54, 1.807) is 0 Å². The SMILES string of the molecule is CN(C)CCC1(CCCCCCCCCCC(=O)OC2CCC(C(C)(C)C)CC2)CC1CCCCCCCCCC(=O)OC1CCC(C(C)(C)C)CC1. The van der Waals surface area contributed by atoms with Crippen molar-refractivity contribution in [3.8, 4) is 0 Å². The van der Waals surface area contributed by atoms with Crippen molar-refractivity contribution in [1.82, 2.24) is 4.90 Å². The quantitative estimate of drug-likeness (QED) is 0.0652. The number of hydrogen-bond acceptors (Lipinski definition) is 5. The van der Waals surface area contributed by atoms with Crippen LogP contribution in [-0.2, 0) is 19.1 Å². The van der Waals surface area contributed by atoms with Crippen LogP contribution >= 0.6 is 0 Å². The number of unbranched alkanes of at least 4 members (excludes halogenated alkanes) is 13. The molecule has 0 aliphatic heterocycles. The molecule has 3 rings (SSSR count). The minimum absolute atomic E-state index is 0.0387. The van der Waals surface area contributed by atoms with Crippen LogP contribution in [0.5, 0.6) is 0 Å². The van der Waals surface area contributed by atoms with Crippen LogP contribution in [0.1, 0.15) is 228 Å². The van der Waals surface area contributed by atoms with Crippen LogP contribution in [0.4, 0.5) is 0 Å². The van der Waals surface area contributed by atoms with Gasteiger partial charge in [-0.3, -0.25) is 9.59 Å². The lowest BCUT2D eigenvalue weighted by molar-refractivity contribution is -0.152. The molecule has 0 aromatic carbocycles. The molecule has 2 atom stereocenters. The molecule has 0 radical (unpaired) electrons. The molecule has 3 fully saturated rings. The first-order valence-electron chi connectivity index (χ1n) is 23.2. The third-order valence-corrected chi connectivity index (χ3v) is 14.0. The standard InChI is InChI=1S/C48H89NO4/c1-46(2,3)39-27-31-42(32-28-39)52-44(50)25-21-17-13-9-10-15-19-23-35-48(36-37-49(7)8)38-41(48)24-20-16-12-11-14-18-22-26-45(51)53-43-33-29-40(30-34-43)47(4,5)6/h39-43H,9-38H2,1-8H3. The second-order valence-electron chi connectivity index (χ2n) is 20.8. The molecule has 0 heterocycles. The van der Waals surface area contributed by atoms with Crippen LogP contribution in [0.3, 0.4) is 0 Å². The van der Waals surface area contributed by atoms with Crippen molar-refractivity contribution in [1.29, 1.82) is 0 Å². The van der Waals surface area contributed by atoms with Crippen molar-refractivity contribution in [2.24, 2.45) is 34.0 Å². The highest BCUT2D eigenvalue weighted by Crippen LogP contribution is 2.61. The van der Waals surface area contributed by atoms with E-state index in [-0.39, 0.29) is 24.1 Å². The number of hydrogen-bond donors (Lipinski definition) is 0. The Balaban J connectivity index is 1.12. The molecule has 310 valence electrons. The van der Waals surface area contributed by atoms with Gasteiger partial charge in [0.15, 0.2) is 0 Å². The smallest absolute Gasteiger partial charge is 0.306 e. The number of nitrogens with zero attached hydrogens (tertiary/aromatic N) is 1. The van der Waals surface area contributed by atoms with E-state index in [0.29, 0.717) is 29.1 Å². The molecule has 3 saturated carbocycles. The van der Waals surface area contributed by atoms with E-state index in [1.165, 1.54) is 129 Å². The van der Waals surface area contributed by atoms with Crippen molar-refractivity contribution in [3.05, 3.63) is 0 Å². The van der Waals surface area contributed by atoms with E-state index in [9.17, 15) is 9.59 Å². The minimum Gasteiger partial charge on any atom is -0.462 e. The number of rotatable bonds is 26. The maximum absolute atomic E-state index is 12.4. The summed E-state index contributed by atoms with van der Waals surface area (Å²) in [7, 11) is 4.46. The molecule has 0 saturated heterocycles. The normalized spacial score (nSPS) is 26.5. The molecule has 0 aromatic rings. The lowest BCUT2D eigenvalue weighted by atomic mass is 9.72. The van der Waals surface area contributed by atoms with Crippen LogP contribution in [-0.4, -0.2) is 49.7 Å². The van der Waals surface area contributed by atoms with E-state index in [4.69, 9.17) is 9.47 Å². The van der Waals surface area contributed by atoms with E-state index in [2.05, 4.69) is 60.5 Å². The summed E-state index contributed by atoms with van der Waals surface area (Å²) in [5, 5.41) is 0. The minimum atomic E-state index is 0.0387. The summed E-state index contributed by atoms with van der Waals surface area (Å²) in [6, 6.07) is 0. The van der Waals surface area contributed by atoms with Crippen LogP contribution in [0.15, 0.2) is 0 Å². The zero-order chi connectivity index (χ0) is 38.7. The topological polar surface area (TPSA) is 55.8 Å². The highest BCUT2D eigenvalue weighted by atomic mass is 16.5. The largest absolute Gasteiger partial charge is 0.462 e. The molecule has 3 aliphatic carbocycles. The fraction of sp³-hybridized carbons (Fsp3) is 0.958. The molecular formula is C48H89NO4. The average molecular weight is 744 g/mol. The lowest BCUT2D eigenvalue weighted by Crippen LogP contribution is -2.30. The van der Waals surface area contributed by atoms with Crippen LogP contribution in [0.2, 0.25) is 0 Å². The first-order chi connectivity index (χ1) is 25.2. The zero-order valence-electron chi connectivity index (χ0n) is 36.7. The molecule has 0 aromatic heterocycles. The number of carbonyl (C=O) groups is 2. The van der Waals surface area contributed by atoms with Gasteiger partial charge >= 0.3 is 11.9 Å². The molecule has 2 unspecified atom stereocenters. The van der Waals surface area contributed by atoms with Gasteiger partial charge in [-0.25, -0.2) is 0 Å². The van der Waals surface area contributed by atoms with Gasteiger partial charge in [0.1, 0.15) is 12.2 Å². The Bertz CT molecular complexity index is 994. The Hall–Kier alpha value is -1.10. The third-order valence-electron chi connectivity index (χ3n) is 14.0. The third kappa shape index (κ3) is 19.1. The summed E-state index contributed by atoms with van der Waals surface area (Å²) in [6.45, 7) is 15.3. The van der Waals surface area contributed by atoms with Gasteiger partial charge in [-0.2, -0.15) is 0 Å². The monoisotopic (exact) mass is 744 g/mol. The Kier molecular flexibility index (Phi) is 20.8. The average Bonchev–Trinajstić information content (AvgIpc) is 3.79. The molecule has 5 nitrogen and oxygen atoms in total. The van der Waals surface area contributed by atoms with Gasteiger partial charge in [0, 0.05) is 12.8 Å². The molecule has 0 bridgehead atoms. The number of esters is 2. The van der Waals surface area contributed by atoms with Crippen molar-refractivity contribution < 1.29 is 19.1 Å². The summed E-state index contributed by atoms with van der Waals surface area (Å²) < 4.78 is 11.6. The first kappa shape index (κ1) is 46.3. The molecular weight excluding hydrogens is 655 g/mol. The molecule has 3 aliphatic rings. The van der Waals surface area contributed by atoms with Crippen molar-refractivity contribution in [2.75, 3.05) is 20.6 Å². The lowest BCUT2D eigenvalue weighted by Gasteiger charge is -2.36. The summed E-state index contributed by atoms with van der Waals surface area (Å²) in [6.07, 6.45) is 35.3. The van der Waals surface area contributed by atoms with Crippen LogP contribution in [0.25, 0.3) is 0 Å². The maximum atomic E-state index is 12.4. The molecule has 0 spiro atoms. The summed E-state index contributed by atoms with van der Waals surface area (Å²) in [5.41, 5.74) is 1.38. The number of carbonyl (C=O) groups excluding carboxylic acids is 2. The summed E-state index contributed by atoms with van der Waals surface area (Å²) >= 11 is 0. The van der Waals surface area contributed by atoms with Gasteiger partial charge in [0.05, 0.1) is 0 Å². The Morgan fingerprint density at radius 2 is 0.906 bits per heavy atom. The number of ether oxygens (including phenoxy) is 2. The zero-order valence-corrected chi connectivity index (χ0v) is 36.7. The van der Waals surface area contributed by atoms with E-state index in [0.717, 1.165) is 69.1 Å². The van der Waals surface area contributed by atoms with Crippen LogP contribution < -0.4 is 0 Å². The first-order valence-corrected chi connectivity index (χ1v) is 23.2. The highest BCUT2D eigenvalue weighted by molar-refractivity contribution is 5.69.